The summed E-state index contributed by atoms with van der Waals surface area (Å²) in [5.41, 5.74) is 1.12. The summed E-state index contributed by atoms with van der Waals surface area (Å²) in [7, 11) is 0. The fourth-order valence-electron chi connectivity index (χ4n) is 2.92. The number of alkyl halides is 3. The fraction of sp³-hybridized carbons (Fsp3) is 0.400. The summed E-state index contributed by atoms with van der Waals surface area (Å²) in [6, 6.07) is 9.47. The van der Waals surface area contributed by atoms with Crippen LogP contribution >= 0.6 is 0 Å². The Morgan fingerprint density at radius 1 is 1.20 bits per heavy atom. The molecule has 2 nitrogen and oxygen atoms in total. The van der Waals surface area contributed by atoms with Crippen LogP contribution in [0.4, 0.5) is 13.2 Å². The van der Waals surface area contributed by atoms with Gasteiger partial charge in [0.2, 0.25) is 0 Å². The van der Waals surface area contributed by atoms with E-state index in [2.05, 4.69) is 25.3 Å². The Labute approximate surface area is 147 Å². The lowest BCUT2D eigenvalue weighted by Crippen LogP contribution is -2.28. The molecular weight excluding hydrogens is 325 g/mol. The average molecular weight is 350 g/mol. The van der Waals surface area contributed by atoms with E-state index in [0.29, 0.717) is 18.0 Å². The lowest BCUT2D eigenvalue weighted by molar-refractivity contribution is -0.137. The third kappa shape index (κ3) is 5.78. The molecule has 5 heteroatoms. The van der Waals surface area contributed by atoms with Gasteiger partial charge < -0.3 is 4.57 Å². The first-order chi connectivity index (χ1) is 11.8. The Morgan fingerprint density at radius 2 is 1.96 bits per heavy atom. The Balaban J connectivity index is 2.15. The van der Waals surface area contributed by atoms with E-state index < -0.39 is 11.7 Å². The second-order valence-electron chi connectivity index (χ2n) is 6.70. The van der Waals surface area contributed by atoms with Crippen molar-refractivity contribution < 1.29 is 13.2 Å². The second-order valence-corrected chi connectivity index (χ2v) is 6.70. The molecule has 2 aromatic rings. The zero-order chi connectivity index (χ0) is 18.4. The van der Waals surface area contributed by atoms with Gasteiger partial charge in [-0.3, -0.25) is 4.90 Å². The summed E-state index contributed by atoms with van der Waals surface area (Å²) in [4.78, 5) is 2.29. The van der Waals surface area contributed by atoms with Crippen molar-refractivity contribution in [2.45, 2.75) is 33.1 Å². The summed E-state index contributed by atoms with van der Waals surface area (Å²) in [5.74, 6) is 0.534. The van der Waals surface area contributed by atoms with Crippen LogP contribution in [0.25, 0.3) is 0 Å². The van der Waals surface area contributed by atoms with Gasteiger partial charge in [-0.2, -0.15) is 13.2 Å². The molecule has 136 valence electrons. The van der Waals surface area contributed by atoms with Crippen LogP contribution in [0.5, 0.6) is 0 Å². The van der Waals surface area contributed by atoms with Gasteiger partial charge in [-0.15, -0.1) is 6.58 Å². The molecule has 0 aliphatic heterocycles. The molecule has 0 N–H and O–H groups in total. The van der Waals surface area contributed by atoms with Crippen molar-refractivity contribution in [2.24, 2.45) is 5.92 Å². The lowest BCUT2D eigenvalue weighted by Gasteiger charge is -2.23. The van der Waals surface area contributed by atoms with E-state index in [1.54, 1.807) is 6.07 Å². The summed E-state index contributed by atoms with van der Waals surface area (Å²) in [5, 5.41) is 0. The summed E-state index contributed by atoms with van der Waals surface area (Å²) >= 11 is 0. The predicted octanol–water partition coefficient (Wildman–Crippen LogP) is 5.20. The van der Waals surface area contributed by atoms with Crippen molar-refractivity contribution in [3.05, 3.63) is 72.1 Å². The van der Waals surface area contributed by atoms with E-state index in [4.69, 9.17) is 0 Å². The first kappa shape index (κ1) is 19.3. The van der Waals surface area contributed by atoms with Gasteiger partial charge in [0.05, 0.1) is 5.56 Å². The molecular formula is C20H25F3N2. The molecule has 0 spiro atoms. The summed E-state index contributed by atoms with van der Waals surface area (Å²) in [6.45, 7) is 11.0. The molecule has 0 aliphatic carbocycles. The largest absolute Gasteiger partial charge is 0.416 e. The van der Waals surface area contributed by atoms with Gasteiger partial charge in [-0.25, -0.2) is 0 Å². The number of nitrogens with zero attached hydrogens (tertiary/aromatic N) is 2. The number of rotatable bonds is 8. The van der Waals surface area contributed by atoms with E-state index >= 15 is 0 Å². The monoisotopic (exact) mass is 350 g/mol. The molecule has 0 fully saturated rings. The number of benzene rings is 1. The van der Waals surface area contributed by atoms with Crippen LogP contribution < -0.4 is 0 Å². The van der Waals surface area contributed by atoms with Crippen LogP contribution in [-0.4, -0.2) is 22.6 Å². The molecule has 1 aromatic carbocycles. The highest BCUT2D eigenvalue weighted by Crippen LogP contribution is 2.29. The van der Waals surface area contributed by atoms with Crippen LogP contribution in [0, 0.1) is 5.92 Å². The molecule has 1 heterocycles. The van der Waals surface area contributed by atoms with Crippen LogP contribution in [0.2, 0.25) is 0 Å². The van der Waals surface area contributed by atoms with Crippen LogP contribution in [0.15, 0.2) is 55.3 Å². The SMILES string of the molecule is C=CCN(Cc1cccn1Cc1cccc(C(F)(F)F)c1)CC(C)C. The molecule has 0 amide bonds. The van der Waals surface area contributed by atoms with E-state index in [0.717, 1.165) is 31.4 Å². The van der Waals surface area contributed by atoms with E-state index in [-0.39, 0.29) is 0 Å². The maximum Gasteiger partial charge on any atom is 0.416 e. The highest BCUT2D eigenvalue weighted by Gasteiger charge is 2.30. The van der Waals surface area contributed by atoms with Gasteiger partial charge in [0.25, 0.3) is 0 Å². The Morgan fingerprint density at radius 3 is 2.60 bits per heavy atom. The Hall–Kier alpha value is -2.01. The van der Waals surface area contributed by atoms with Gasteiger partial charge in [0.15, 0.2) is 0 Å². The van der Waals surface area contributed by atoms with Crippen molar-refractivity contribution >= 4 is 0 Å². The third-order valence-electron chi connectivity index (χ3n) is 3.93. The molecule has 0 unspecified atom stereocenters. The minimum atomic E-state index is -4.31. The topological polar surface area (TPSA) is 8.17 Å². The van der Waals surface area contributed by atoms with Crippen LogP contribution in [0.1, 0.15) is 30.7 Å². The maximum absolute atomic E-state index is 12.9. The standard InChI is InChI=1S/C20H25F3N2/c1-4-10-24(13-16(2)3)15-19-9-6-11-25(19)14-17-7-5-8-18(12-17)20(21,22)23/h4-9,11-12,16H,1,10,13-15H2,2-3H3. The smallest absolute Gasteiger partial charge is 0.346 e. The fourth-order valence-corrected chi connectivity index (χ4v) is 2.92. The summed E-state index contributed by atoms with van der Waals surface area (Å²) in [6.07, 6.45) is -0.521. The van der Waals surface area contributed by atoms with Crippen molar-refractivity contribution in [3.8, 4) is 0 Å². The van der Waals surface area contributed by atoms with E-state index in [1.807, 2.05) is 29.0 Å². The zero-order valence-electron chi connectivity index (χ0n) is 14.8. The molecule has 25 heavy (non-hydrogen) atoms. The highest BCUT2D eigenvalue weighted by molar-refractivity contribution is 5.26. The number of hydrogen-bond acceptors (Lipinski definition) is 1. The second kappa shape index (κ2) is 8.39. The van der Waals surface area contributed by atoms with E-state index in [9.17, 15) is 13.2 Å². The molecule has 0 aliphatic rings. The van der Waals surface area contributed by atoms with Gasteiger partial charge in [0, 0.05) is 38.1 Å². The van der Waals surface area contributed by atoms with Gasteiger partial charge in [-0.1, -0.05) is 32.1 Å². The molecule has 0 bridgehead atoms. The molecule has 0 saturated heterocycles. The first-order valence-electron chi connectivity index (χ1n) is 8.43. The van der Waals surface area contributed by atoms with E-state index in [1.165, 1.54) is 12.1 Å². The first-order valence-corrected chi connectivity index (χ1v) is 8.43. The van der Waals surface area contributed by atoms with Crippen LogP contribution in [0.3, 0.4) is 0 Å². The summed E-state index contributed by atoms with van der Waals surface area (Å²) < 4.78 is 40.6. The quantitative estimate of drug-likeness (QED) is 0.594. The molecule has 0 atom stereocenters. The maximum atomic E-state index is 12.9. The predicted molar refractivity (Wildman–Crippen MR) is 95.3 cm³/mol. The normalized spacial score (nSPS) is 12.1. The van der Waals surface area contributed by atoms with Gasteiger partial charge >= 0.3 is 6.18 Å². The molecule has 1 aromatic heterocycles. The van der Waals surface area contributed by atoms with Crippen molar-refractivity contribution in [1.29, 1.82) is 0 Å². The highest BCUT2D eigenvalue weighted by atomic mass is 19.4. The Bertz CT molecular complexity index is 686. The van der Waals surface area contributed by atoms with Crippen molar-refractivity contribution in [1.82, 2.24) is 9.47 Å². The van der Waals surface area contributed by atoms with Crippen molar-refractivity contribution in [2.75, 3.05) is 13.1 Å². The number of hydrogen-bond donors (Lipinski definition) is 0. The van der Waals surface area contributed by atoms with Crippen molar-refractivity contribution in [3.63, 3.8) is 0 Å². The number of halogens is 3. The molecule has 2 rings (SSSR count). The lowest BCUT2D eigenvalue weighted by atomic mass is 10.1. The molecule has 0 radical (unpaired) electrons. The molecule has 0 saturated carbocycles. The van der Waals surface area contributed by atoms with Gasteiger partial charge in [-0.05, 0) is 35.7 Å². The van der Waals surface area contributed by atoms with Gasteiger partial charge in [0.1, 0.15) is 0 Å². The average Bonchev–Trinajstić information content (AvgIpc) is 2.93. The van der Waals surface area contributed by atoms with Crippen LogP contribution in [-0.2, 0) is 19.3 Å². The third-order valence-corrected chi connectivity index (χ3v) is 3.93. The zero-order valence-corrected chi connectivity index (χ0v) is 14.8. The minimum absolute atomic E-state index is 0.426. The Kier molecular flexibility index (Phi) is 6.48. The minimum Gasteiger partial charge on any atom is -0.346 e. The number of aromatic nitrogens is 1.